The van der Waals surface area contributed by atoms with Crippen LogP contribution in [0.15, 0.2) is 102 Å². The fraction of sp³-hybridized carbons (Fsp3) is 0.268. The number of carbonyl (C=O) groups excluding carboxylic acids is 2. The van der Waals surface area contributed by atoms with Crippen molar-refractivity contribution in [1.29, 1.82) is 0 Å². The molecule has 1 aliphatic heterocycles. The van der Waals surface area contributed by atoms with Gasteiger partial charge in [0.05, 0.1) is 36.3 Å². The molecule has 57 heavy (non-hydrogen) atoms. The Labute approximate surface area is 324 Å². The minimum Gasteiger partial charge on any atom is -0.457 e. The summed E-state index contributed by atoms with van der Waals surface area (Å²) >= 11 is 0. The van der Waals surface area contributed by atoms with Gasteiger partial charge in [0.25, 0.3) is 15.9 Å². The molecule has 0 unspecified atom stereocenters. The second-order valence-electron chi connectivity index (χ2n) is 13.7. The summed E-state index contributed by atoms with van der Waals surface area (Å²) < 4.78 is 113. The average molecular weight is 807 g/mol. The van der Waals surface area contributed by atoms with Gasteiger partial charge < -0.3 is 14.4 Å². The number of anilines is 1. The molecule has 0 spiro atoms. The Bertz CT molecular complexity index is 2340. The third-order valence-electron chi connectivity index (χ3n) is 10.1. The highest BCUT2D eigenvalue weighted by Crippen LogP contribution is 2.43. The molecule has 2 heterocycles. The van der Waals surface area contributed by atoms with E-state index < -0.39 is 74.8 Å². The van der Waals surface area contributed by atoms with E-state index in [-0.39, 0.29) is 42.4 Å². The number of halogens is 5. The number of hydrogen-bond acceptors (Lipinski definition) is 8. The van der Waals surface area contributed by atoms with Gasteiger partial charge in [-0.1, -0.05) is 73.5 Å². The fourth-order valence-electron chi connectivity index (χ4n) is 6.95. The van der Waals surface area contributed by atoms with Crippen LogP contribution in [0.5, 0.6) is 0 Å². The second-order valence-corrected chi connectivity index (χ2v) is 15.5. The Morgan fingerprint density at radius 2 is 1.33 bits per heavy atom. The molecule has 0 radical (unpaired) electrons. The minimum absolute atomic E-state index is 0.00379. The van der Waals surface area contributed by atoms with Crippen molar-refractivity contribution >= 4 is 27.6 Å². The minimum atomic E-state index is -5.66. The molecule has 1 saturated heterocycles. The van der Waals surface area contributed by atoms with E-state index in [0.717, 1.165) is 41.8 Å². The van der Waals surface area contributed by atoms with Crippen LogP contribution in [0.4, 0.5) is 27.6 Å². The van der Waals surface area contributed by atoms with Crippen LogP contribution in [0.2, 0.25) is 0 Å². The number of esters is 1. The van der Waals surface area contributed by atoms with Crippen LogP contribution in [0.3, 0.4) is 0 Å². The standard InChI is InChI=1S/C41H35F5N4O6S/c42-33-34(43)36(45)38(37(46)35(33)44)57(53,54)50-20-19-41(50,56-25-27-11-5-2-6-12-27)40(52)49(23-30-21-48-32(22-47-30)28-13-7-8-14-28)31-17-15-29(16-18-31)39(51)55-24-26-9-3-1-4-10-26/h1-6,9-12,15-18,21-22,28H,7-8,13-14,19-20,23-25H2/t41-/m1/s1. The van der Waals surface area contributed by atoms with Gasteiger partial charge in [0.15, 0.2) is 28.2 Å². The van der Waals surface area contributed by atoms with E-state index in [1.54, 1.807) is 60.8 Å². The Morgan fingerprint density at radius 1 is 0.754 bits per heavy atom. The Balaban J connectivity index is 1.27. The summed E-state index contributed by atoms with van der Waals surface area (Å²) in [4.78, 5) is 36.1. The first-order chi connectivity index (χ1) is 27.4. The zero-order valence-corrected chi connectivity index (χ0v) is 31.0. The van der Waals surface area contributed by atoms with E-state index >= 15 is 13.6 Å². The van der Waals surface area contributed by atoms with E-state index in [9.17, 15) is 26.4 Å². The maximum atomic E-state index is 15.1. The van der Waals surface area contributed by atoms with E-state index in [0.29, 0.717) is 9.87 Å². The molecule has 0 bridgehead atoms. The summed E-state index contributed by atoms with van der Waals surface area (Å²) in [5.41, 5.74) is -0.0485. The van der Waals surface area contributed by atoms with Gasteiger partial charge in [0.2, 0.25) is 11.5 Å². The number of ether oxygens (including phenoxy) is 2. The zero-order chi connectivity index (χ0) is 40.3. The smallest absolute Gasteiger partial charge is 0.338 e. The summed E-state index contributed by atoms with van der Waals surface area (Å²) in [5, 5.41) is 0. The molecule has 1 aliphatic carbocycles. The van der Waals surface area contributed by atoms with Crippen molar-refractivity contribution in [3.05, 3.63) is 154 Å². The largest absolute Gasteiger partial charge is 0.457 e. The van der Waals surface area contributed by atoms with Crippen molar-refractivity contribution in [2.24, 2.45) is 0 Å². The van der Waals surface area contributed by atoms with Crippen molar-refractivity contribution in [3.63, 3.8) is 0 Å². The molecule has 1 amide bonds. The highest BCUT2D eigenvalue weighted by molar-refractivity contribution is 7.89. The van der Waals surface area contributed by atoms with Crippen LogP contribution in [-0.4, -0.2) is 46.8 Å². The number of hydrogen-bond donors (Lipinski definition) is 0. The Kier molecular flexibility index (Phi) is 11.5. The topological polar surface area (TPSA) is 119 Å². The first-order valence-corrected chi connectivity index (χ1v) is 19.5. The van der Waals surface area contributed by atoms with E-state index in [2.05, 4.69) is 9.97 Å². The average Bonchev–Trinajstić information content (AvgIpc) is 3.76. The summed E-state index contributed by atoms with van der Waals surface area (Å²) in [6.07, 6.45) is 6.72. The van der Waals surface area contributed by atoms with Gasteiger partial charge in [-0.05, 0) is 48.2 Å². The molecule has 4 aromatic carbocycles. The van der Waals surface area contributed by atoms with Gasteiger partial charge in [0.1, 0.15) is 6.61 Å². The van der Waals surface area contributed by atoms with E-state index in [4.69, 9.17) is 9.47 Å². The van der Waals surface area contributed by atoms with Gasteiger partial charge in [-0.2, -0.15) is 4.31 Å². The fourth-order valence-corrected chi connectivity index (χ4v) is 8.75. The number of nitrogens with zero attached hydrogens (tertiary/aromatic N) is 4. The summed E-state index contributed by atoms with van der Waals surface area (Å²) in [6.45, 7) is -1.32. The molecule has 0 N–H and O–H groups in total. The monoisotopic (exact) mass is 806 g/mol. The quantitative estimate of drug-likeness (QED) is 0.0514. The van der Waals surface area contributed by atoms with Gasteiger partial charge in [-0.15, -0.1) is 0 Å². The normalized spacial score (nSPS) is 17.3. The summed E-state index contributed by atoms with van der Waals surface area (Å²) in [6, 6.07) is 22.8. The molecule has 1 aromatic heterocycles. The Morgan fingerprint density at radius 3 is 1.88 bits per heavy atom. The zero-order valence-electron chi connectivity index (χ0n) is 30.2. The molecule has 1 atom stereocenters. The molecule has 10 nitrogen and oxygen atoms in total. The highest BCUT2D eigenvalue weighted by Gasteiger charge is 2.61. The third kappa shape index (κ3) is 7.89. The van der Waals surface area contributed by atoms with Crippen LogP contribution in [0.25, 0.3) is 0 Å². The SMILES string of the molecule is O=C(OCc1ccccc1)c1ccc(N(Cc2cnc(C3CCCC3)cn2)C(=O)[C@]2(OCc3ccccc3)CCN2S(=O)(=O)c2c(F)c(F)c(F)c(F)c2F)cc1. The van der Waals surface area contributed by atoms with E-state index in [1.807, 2.05) is 6.07 Å². The second kappa shape index (κ2) is 16.5. The first kappa shape index (κ1) is 39.6. The summed E-state index contributed by atoms with van der Waals surface area (Å²) in [7, 11) is -5.66. The van der Waals surface area contributed by atoms with Crippen LogP contribution in [-0.2, 0) is 44.1 Å². The van der Waals surface area contributed by atoms with Crippen LogP contribution in [0.1, 0.15) is 70.9 Å². The van der Waals surface area contributed by atoms with Crippen LogP contribution >= 0.6 is 0 Å². The molecule has 1 saturated carbocycles. The van der Waals surface area contributed by atoms with Gasteiger partial charge in [0, 0.05) is 30.8 Å². The maximum absolute atomic E-state index is 15.1. The number of carbonyl (C=O) groups is 2. The van der Waals surface area contributed by atoms with Crippen LogP contribution < -0.4 is 4.90 Å². The van der Waals surface area contributed by atoms with Gasteiger partial charge >= 0.3 is 5.97 Å². The molecule has 7 rings (SSSR count). The number of aromatic nitrogens is 2. The maximum Gasteiger partial charge on any atom is 0.338 e. The first-order valence-electron chi connectivity index (χ1n) is 18.1. The molecule has 2 fully saturated rings. The van der Waals surface area contributed by atoms with Crippen molar-refractivity contribution < 1.29 is 49.4 Å². The molecular formula is C41H35F5N4O6S. The van der Waals surface area contributed by atoms with Gasteiger partial charge in [-0.25, -0.2) is 35.2 Å². The van der Waals surface area contributed by atoms with E-state index in [1.165, 1.54) is 30.5 Å². The lowest BCUT2D eigenvalue weighted by atomic mass is 9.98. The summed E-state index contributed by atoms with van der Waals surface area (Å²) in [5.74, 6) is -14.2. The van der Waals surface area contributed by atoms with Crippen molar-refractivity contribution in [1.82, 2.24) is 14.3 Å². The molecule has 2 aliphatic rings. The predicted molar refractivity (Wildman–Crippen MR) is 195 cm³/mol. The van der Waals surface area contributed by atoms with Gasteiger partial charge in [-0.3, -0.25) is 14.8 Å². The lowest BCUT2D eigenvalue weighted by molar-refractivity contribution is -0.194. The Hall–Kier alpha value is -5.58. The van der Waals surface area contributed by atoms with Crippen molar-refractivity contribution in [2.45, 2.75) is 68.4 Å². The van der Waals surface area contributed by atoms with Crippen molar-refractivity contribution in [3.8, 4) is 0 Å². The number of amides is 1. The lowest BCUT2D eigenvalue weighted by Gasteiger charge is -2.50. The molecular weight excluding hydrogens is 772 g/mol. The molecule has 16 heteroatoms. The third-order valence-corrected chi connectivity index (χ3v) is 12.1. The number of benzene rings is 4. The van der Waals surface area contributed by atoms with Crippen molar-refractivity contribution in [2.75, 3.05) is 11.4 Å². The van der Waals surface area contributed by atoms with Crippen LogP contribution in [0, 0.1) is 29.1 Å². The molecule has 296 valence electrons. The highest BCUT2D eigenvalue weighted by atomic mass is 32.2. The lowest BCUT2D eigenvalue weighted by Crippen LogP contribution is -2.70. The number of rotatable bonds is 13. The predicted octanol–water partition coefficient (Wildman–Crippen LogP) is 7.73. The number of sulfonamides is 1. The molecule has 5 aromatic rings.